The lowest BCUT2D eigenvalue weighted by Gasteiger charge is -2.52. The quantitative estimate of drug-likeness (QED) is 0.720. The molecule has 5 nitrogen and oxygen atoms in total. The minimum Gasteiger partial charge on any atom is -0.321 e. The average Bonchev–Trinajstić information content (AvgIpc) is 2.18. The molecule has 2 rings (SSSR count). The molecule has 2 fully saturated rings. The molecule has 2 heterocycles. The van der Waals surface area contributed by atoms with Gasteiger partial charge < -0.3 is 20.4 Å². The van der Waals surface area contributed by atoms with E-state index in [1.165, 1.54) is 0 Å². The van der Waals surface area contributed by atoms with Crippen LogP contribution in [0.1, 0.15) is 55.4 Å². The summed E-state index contributed by atoms with van der Waals surface area (Å²) in [6.07, 6.45) is 0. The first-order valence-electron chi connectivity index (χ1n) is 8.33. The number of hydrogen-bond acceptors (Lipinski definition) is 3. The second-order valence-corrected chi connectivity index (χ2v) is 9.78. The van der Waals surface area contributed by atoms with Crippen LogP contribution >= 0.6 is 0 Å². The number of hydrogen-bond donors (Lipinski definition) is 2. The fourth-order valence-electron chi connectivity index (χ4n) is 4.48. The Bertz CT molecular complexity index is 382. The lowest BCUT2D eigenvalue weighted by atomic mass is 9.90. The van der Waals surface area contributed by atoms with E-state index in [1.807, 2.05) is 9.80 Å². The molecule has 0 saturated carbocycles. The maximum atomic E-state index is 13.1. The molecular weight excluding hydrogens is 276 g/mol. The van der Waals surface area contributed by atoms with Gasteiger partial charge in [-0.15, -0.1) is 0 Å². The Labute approximate surface area is 135 Å². The number of urea groups is 1. The standard InChI is InChI=1S/C17H34N4O/c1-14(2)9-20(10-15(3,4)18-14)13(22)21-11-16(5,6)19-17(7,8)12-21/h18-19H,9-12H2,1-8H3. The van der Waals surface area contributed by atoms with E-state index in [9.17, 15) is 4.79 Å². The number of carbonyl (C=O) groups excluding carboxylic acids is 1. The third kappa shape index (κ3) is 4.13. The second kappa shape index (κ2) is 5.10. The molecule has 0 aromatic rings. The number of nitrogens with one attached hydrogen (secondary N) is 2. The summed E-state index contributed by atoms with van der Waals surface area (Å²) in [6, 6.07) is 0.172. The van der Waals surface area contributed by atoms with Gasteiger partial charge in [0.15, 0.2) is 0 Å². The highest BCUT2D eigenvalue weighted by Gasteiger charge is 2.43. The Hall–Kier alpha value is -0.810. The van der Waals surface area contributed by atoms with Gasteiger partial charge in [-0.1, -0.05) is 0 Å². The zero-order valence-electron chi connectivity index (χ0n) is 15.6. The predicted molar refractivity (Wildman–Crippen MR) is 91.1 cm³/mol. The van der Waals surface area contributed by atoms with Gasteiger partial charge in [-0.2, -0.15) is 0 Å². The molecule has 2 aliphatic heterocycles. The fraction of sp³-hybridized carbons (Fsp3) is 0.941. The van der Waals surface area contributed by atoms with Crippen LogP contribution in [0.25, 0.3) is 0 Å². The highest BCUT2D eigenvalue weighted by atomic mass is 16.2. The van der Waals surface area contributed by atoms with Crippen LogP contribution in [-0.4, -0.2) is 64.2 Å². The van der Waals surface area contributed by atoms with E-state index in [-0.39, 0.29) is 28.2 Å². The minimum absolute atomic E-state index is 0.0590. The molecule has 0 atom stereocenters. The largest absolute Gasteiger partial charge is 0.321 e. The fourth-order valence-corrected chi connectivity index (χ4v) is 4.48. The van der Waals surface area contributed by atoms with Gasteiger partial charge in [0.1, 0.15) is 0 Å². The molecule has 0 spiro atoms. The van der Waals surface area contributed by atoms with Crippen molar-refractivity contribution in [1.82, 2.24) is 20.4 Å². The van der Waals surface area contributed by atoms with E-state index in [4.69, 9.17) is 0 Å². The van der Waals surface area contributed by atoms with E-state index in [1.54, 1.807) is 0 Å². The predicted octanol–water partition coefficient (Wildman–Crippen LogP) is 2.03. The molecule has 0 bridgehead atoms. The van der Waals surface area contributed by atoms with Crippen molar-refractivity contribution < 1.29 is 4.79 Å². The molecule has 5 heteroatoms. The van der Waals surface area contributed by atoms with Crippen LogP contribution in [0, 0.1) is 0 Å². The SMILES string of the molecule is CC1(C)CN(C(=O)N2CC(C)(C)NC(C)(C)C2)CC(C)(C)N1. The minimum atomic E-state index is -0.0590. The maximum absolute atomic E-state index is 13.1. The van der Waals surface area contributed by atoms with Crippen molar-refractivity contribution in [1.29, 1.82) is 0 Å². The van der Waals surface area contributed by atoms with Gasteiger partial charge in [0.05, 0.1) is 0 Å². The van der Waals surface area contributed by atoms with E-state index in [2.05, 4.69) is 66.0 Å². The number of carbonyl (C=O) groups is 1. The highest BCUT2D eigenvalue weighted by Crippen LogP contribution is 2.25. The lowest BCUT2D eigenvalue weighted by Crippen LogP contribution is -2.72. The van der Waals surface area contributed by atoms with E-state index >= 15 is 0 Å². The third-order valence-electron chi connectivity index (χ3n) is 4.24. The number of nitrogens with zero attached hydrogens (tertiary/aromatic N) is 2. The molecule has 0 radical (unpaired) electrons. The first-order chi connectivity index (χ1) is 9.71. The number of amides is 2. The zero-order valence-corrected chi connectivity index (χ0v) is 15.6. The normalized spacial score (nSPS) is 29.3. The Morgan fingerprint density at radius 1 is 0.636 bits per heavy atom. The van der Waals surface area contributed by atoms with Crippen LogP contribution in [0.15, 0.2) is 0 Å². The summed E-state index contributed by atoms with van der Waals surface area (Å²) in [5.74, 6) is 0. The van der Waals surface area contributed by atoms with Gasteiger partial charge in [0, 0.05) is 48.3 Å². The molecular formula is C17H34N4O. The van der Waals surface area contributed by atoms with Crippen molar-refractivity contribution in [3.63, 3.8) is 0 Å². The first kappa shape index (κ1) is 17.5. The van der Waals surface area contributed by atoms with Crippen molar-refractivity contribution in [2.45, 2.75) is 77.5 Å². The Morgan fingerprint density at radius 3 is 1.09 bits per heavy atom. The van der Waals surface area contributed by atoms with Gasteiger partial charge in [-0.25, -0.2) is 4.79 Å². The third-order valence-corrected chi connectivity index (χ3v) is 4.24. The molecule has 0 aromatic carbocycles. The highest BCUT2D eigenvalue weighted by molar-refractivity contribution is 5.75. The van der Waals surface area contributed by atoms with Crippen molar-refractivity contribution in [2.75, 3.05) is 26.2 Å². The molecule has 22 heavy (non-hydrogen) atoms. The topological polar surface area (TPSA) is 47.6 Å². The van der Waals surface area contributed by atoms with Gasteiger partial charge in [0.2, 0.25) is 0 Å². The van der Waals surface area contributed by atoms with Gasteiger partial charge in [0.25, 0.3) is 0 Å². The molecule has 0 unspecified atom stereocenters. The lowest BCUT2D eigenvalue weighted by molar-refractivity contribution is 0.0465. The van der Waals surface area contributed by atoms with E-state index in [0.29, 0.717) is 0 Å². The summed E-state index contributed by atoms with van der Waals surface area (Å²) in [5, 5.41) is 7.25. The summed E-state index contributed by atoms with van der Waals surface area (Å²) in [7, 11) is 0. The maximum Gasteiger partial charge on any atom is 0.320 e. The Kier molecular flexibility index (Phi) is 4.06. The Morgan fingerprint density at radius 2 is 0.864 bits per heavy atom. The van der Waals surface area contributed by atoms with Crippen molar-refractivity contribution in [2.24, 2.45) is 0 Å². The van der Waals surface area contributed by atoms with E-state index in [0.717, 1.165) is 26.2 Å². The molecule has 0 aromatic heterocycles. The van der Waals surface area contributed by atoms with Crippen LogP contribution in [0.4, 0.5) is 4.79 Å². The van der Waals surface area contributed by atoms with Crippen LogP contribution < -0.4 is 10.6 Å². The zero-order chi connectivity index (χ0) is 17.0. The first-order valence-corrected chi connectivity index (χ1v) is 8.33. The van der Waals surface area contributed by atoms with E-state index < -0.39 is 0 Å². The van der Waals surface area contributed by atoms with Crippen molar-refractivity contribution in [3.8, 4) is 0 Å². The monoisotopic (exact) mass is 310 g/mol. The molecule has 2 saturated heterocycles. The summed E-state index contributed by atoms with van der Waals surface area (Å²) in [6.45, 7) is 20.3. The molecule has 2 aliphatic rings. The van der Waals surface area contributed by atoms with Crippen LogP contribution in [0.5, 0.6) is 0 Å². The summed E-state index contributed by atoms with van der Waals surface area (Å²) < 4.78 is 0. The molecule has 0 aliphatic carbocycles. The average molecular weight is 310 g/mol. The molecule has 2 N–H and O–H groups in total. The second-order valence-electron chi connectivity index (χ2n) is 9.78. The summed E-state index contributed by atoms with van der Waals surface area (Å²) >= 11 is 0. The number of piperazine rings is 2. The Balaban J connectivity index is 2.17. The van der Waals surface area contributed by atoms with Gasteiger partial charge in [-0.3, -0.25) is 0 Å². The van der Waals surface area contributed by atoms with Crippen LogP contribution in [0.3, 0.4) is 0 Å². The summed E-state index contributed by atoms with van der Waals surface area (Å²) in [4.78, 5) is 17.1. The number of rotatable bonds is 0. The molecule has 128 valence electrons. The van der Waals surface area contributed by atoms with Crippen molar-refractivity contribution >= 4 is 6.03 Å². The van der Waals surface area contributed by atoms with Gasteiger partial charge in [-0.05, 0) is 55.4 Å². The summed E-state index contributed by atoms with van der Waals surface area (Å²) in [5.41, 5.74) is -0.236. The molecule has 2 amide bonds. The van der Waals surface area contributed by atoms with Crippen molar-refractivity contribution in [3.05, 3.63) is 0 Å². The van der Waals surface area contributed by atoms with Crippen LogP contribution in [-0.2, 0) is 0 Å². The van der Waals surface area contributed by atoms with Crippen LogP contribution in [0.2, 0.25) is 0 Å². The van der Waals surface area contributed by atoms with Gasteiger partial charge >= 0.3 is 6.03 Å². The smallest absolute Gasteiger partial charge is 0.320 e.